The lowest BCUT2D eigenvalue weighted by Gasteiger charge is -2.16. The van der Waals surface area contributed by atoms with Gasteiger partial charge in [0, 0.05) is 37.9 Å². The van der Waals surface area contributed by atoms with Crippen LogP contribution in [-0.4, -0.2) is 39.9 Å². The van der Waals surface area contributed by atoms with E-state index in [0.29, 0.717) is 17.9 Å². The zero-order chi connectivity index (χ0) is 22.0. The average Bonchev–Trinajstić information content (AvgIpc) is 3.34. The third-order valence-electron chi connectivity index (χ3n) is 5.63. The maximum absolute atomic E-state index is 12.7. The molecule has 1 aliphatic heterocycles. The first kappa shape index (κ1) is 20.9. The lowest BCUT2D eigenvalue weighted by Crippen LogP contribution is -2.28. The Kier molecular flexibility index (Phi) is 5.90. The van der Waals surface area contributed by atoms with Crippen molar-refractivity contribution < 1.29 is 9.53 Å². The number of para-hydroxylation sites is 1. The van der Waals surface area contributed by atoms with Crippen LogP contribution >= 0.6 is 0 Å². The van der Waals surface area contributed by atoms with Crippen LogP contribution in [0.15, 0.2) is 42.7 Å². The molecule has 3 heterocycles. The van der Waals surface area contributed by atoms with Gasteiger partial charge in [-0.3, -0.25) is 9.48 Å². The minimum atomic E-state index is -0.291. The highest BCUT2D eigenvalue weighted by atomic mass is 16.5. The number of ether oxygens (including phenoxy) is 1. The molecular weight excluding hydrogens is 392 g/mol. The van der Waals surface area contributed by atoms with Crippen molar-refractivity contribution in [2.75, 3.05) is 24.2 Å². The van der Waals surface area contributed by atoms with Gasteiger partial charge in [0.15, 0.2) is 0 Å². The second-order valence-electron chi connectivity index (χ2n) is 8.06. The Hall–Kier alpha value is -3.39. The van der Waals surface area contributed by atoms with E-state index in [-0.39, 0.29) is 23.7 Å². The number of anilines is 2. The summed E-state index contributed by atoms with van der Waals surface area (Å²) in [6, 6.07) is 9.72. The highest BCUT2D eigenvalue weighted by Gasteiger charge is 2.30. The predicted octanol–water partition coefficient (Wildman–Crippen LogP) is 2.79. The van der Waals surface area contributed by atoms with Crippen molar-refractivity contribution in [2.45, 2.75) is 32.2 Å². The Balaban J connectivity index is 1.43. The van der Waals surface area contributed by atoms with E-state index in [9.17, 15) is 4.79 Å². The molecule has 1 saturated heterocycles. The normalized spacial score (nSPS) is 18.2. The molecule has 1 aromatic carbocycles. The fourth-order valence-electron chi connectivity index (χ4n) is 4.07. The fraction of sp³-hybridized carbons (Fsp3) is 0.348. The Morgan fingerprint density at radius 2 is 2.06 bits per heavy atom. The van der Waals surface area contributed by atoms with Crippen LogP contribution in [0.25, 0.3) is 0 Å². The second-order valence-corrected chi connectivity index (χ2v) is 8.06. The van der Waals surface area contributed by atoms with E-state index in [4.69, 9.17) is 10.5 Å². The Bertz CT molecular complexity index is 1070. The number of carbonyl (C=O) groups is 1. The van der Waals surface area contributed by atoms with E-state index in [1.54, 1.807) is 23.0 Å². The van der Waals surface area contributed by atoms with Gasteiger partial charge in [0.1, 0.15) is 18.2 Å². The van der Waals surface area contributed by atoms with E-state index in [1.807, 2.05) is 19.3 Å². The van der Waals surface area contributed by atoms with Crippen LogP contribution < -0.4 is 21.1 Å². The second kappa shape index (κ2) is 8.77. The van der Waals surface area contributed by atoms with Gasteiger partial charge >= 0.3 is 0 Å². The number of nitrogens with zero attached hydrogens (tertiary/aromatic N) is 3. The van der Waals surface area contributed by atoms with Gasteiger partial charge < -0.3 is 21.1 Å². The summed E-state index contributed by atoms with van der Waals surface area (Å²) in [5, 5.41) is 11.1. The van der Waals surface area contributed by atoms with Crippen LogP contribution in [0.4, 0.5) is 11.5 Å². The number of rotatable bonds is 6. The lowest BCUT2D eigenvalue weighted by molar-refractivity contribution is 0.102. The molecule has 1 amide bonds. The summed E-state index contributed by atoms with van der Waals surface area (Å²) in [4.78, 5) is 16.7. The summed E-state index contributed by atoms with van der Waals surface area (Å²) in [5.74, 6) is 1.04. The molecule has 162 valence electrons. The van der Waals surface area contributed by atoms with Crippen LogP contribution in [0.5, 0.6) is 5.75 Å². The molecule has 3 aromatic rings. The topological polar surface area (TPSA) is 107 Å². The van der Waals surface area contributed by atoms with Gasteiger partial charge in [-0.25, -0.2) is 4.98 Å². The molecule has 2 aromatic heterocycles. The molecule has 1 aliphatic rings. The number of carbonyl (C=O) groups excluding carboxylic acids is 1. The zero-order valence-electron chi connectivity index (χ0n) is 18.1. The minimum Gasteiger partial charge on any atom is -0.491 e. The van der Waals surface area contributed by atoms with Crippen molar-refractivity contribution in [1.82, 2.24) is 20.1 Å². The summed E-state index contributed by atoms with van der Waals surface area (Å²) >= 11 is 0. The molecule has 8 nitrogen and oxygen atoms in total. The molecule has 0 spiro atoms. The summed E-state index contributed by atoms with van der Waals surface area (Å²) in [6.45, 7) is 5.48. The summed E-state index contributed by atoms with van der Waals surface area (Å²) < 4.78 is 7.85. The maximum Gasteiger partial charge on any atom is 0.259 e. The number of aromatic nitrogens is 3. The number of aryl methyl sites for hydroxylation is 3. The summed E-state index contributed by atoms with van der Waals surface area (Å²) in [7, 11) is 1.85. The largest absolute Gasteiger partial charge is 0.491 e. The van der Waals surface area contributed by atoms with Crippen LogP contribution in [-0.2, 0) is 7.05 Å². The highest BCUT2D eigenvalue weighted by molar-refractivity contribution is 6.07. The Labute approximate surface area is 181 Å². The molecule has 4 N–H and O–H groups in total. The SMILES string of the molecule is Cc1cccc(C)c1OC[C@@H]1C[C@H](c2nn(C)cc2NC(=O)c2cccnc2N)CN1. The zero-order valence-corrected chi connectivity index (χ0v) is 18.1. The molecule has 2 atom stereocenters. The maximum atomic E-state index is 12.7. The molecule has 8 heteroatoms. The van der Waals surface area contributed by atoms with Gasteiger partial charge in [0.25, 0.3) is 5.91 Å². The van der Waals surface area contributed by atoms with Crippen molar-refractivity contribution in [2.24, 2.45) is 7.05 Å². The first-order chi connectivity index (χ1) is 14.9. The standard InChI is InChI=1S/C23H28N6O2/c1-14-6-4-7-15(2)21(14)31-13-17-10-16(11-26-17)20-19(12-29(3)28-20)27-23(30)18-8-5-9-25-22(18)24/h4-9,12,16-17,26H,10-11,13H2,1-3H3,(H2,24,25)(H,27,30)/t16-,17-/m0/s1. The van der Waals surface area contributed by atoms with E-state index >= 15 is 0 Å². The Morgan fingerprint density at radius 1 is 1.29 bits per heavy atom. The molecule has 31 heavy (non-hydrogen) atoms. The van der Waals surface area contributed by atoms with Crippen molar-refractivity contribution in [3.63, 3.8) is 0 Å². The third kappa shape index (κ3) is 4.54. The molecular formula is C23H28N6O2. The van der Waals surface area contributed by atoms with Crippen molar-refractivity contribution in [3.05, 3.63) is 65.1 Å². The average molecular weight is 421 g/mol. The third-order valence-corrected chi connectivity index (χ3v) is 5.63. The molecule has 1 fully saturated rings. The quantitative estimate of drug-likeness (QED) is 0.566. The monoisotopic (exact) mass is 420 g/mol. The fourth-order valence-corrected chi connectivity index (χ4v) is 4.07. The Morgan fingerprint density at radius 3 is 2.81 bits per heavy atom. The lowest BCUT2D eigenvalue weighted by atomic mass is 10.0. The summed E-state index contributed by atoms with van der Waals surface area (Å²) in [6.07, 6.45) is 4.26. The highest BCUT2D eigenvalue weighted by Crippen LogP contribution is 2.31. The van der Waals surface area contributed by atoms with Crippen molar-refractivity contribution in [1.29, 1.82) is 0 Å². The number of amides is 1. The van der Waals surface area contributed by atoms with E-state index in [0.717, 1.165) is 35.5 Å². The molecule has 4 rings (SSSR count). The van der Waals surface area contributed by atoms with Crippen molar-refractivity contribution in [3.8, 4) is 5.75 Å². The van der Waals surface area contributed by atoms with Gasteiger partial charge in [-0.1, -0.05) is 18.2 Å². The molecule has 0 bridgehead atoms. The number of hydrogen-bond donors (Lipinski definition) is 3. The number of nitrogen functional groups attached to an aromatic ring is 1. The van der Waals surface area contributed by atoms with Crippen molar-refractivity contribution >= 4 is 17.4 Å². The van der Waals surface area contributed by atoms with Crippen LogP contribution in [0.3, 0.4) is 0 Å². The number of nitrogens with one attached hydrogen (secondary N) is 2. The molecule has 0 aliphatic carbocycles. The first-order valence-corrected chi connectivity index (χ1v) is 10.4. The van der Waals surface area contributed by atoms with Crippen LogP contribution in [0.2, 0.25) is 0 Å². The van der Waals surface area contributed by atoms with Gasteiger partial charge in [0.05, 0.1) is 16.9 Å². The molecule has 0 radical (unpaired) electrons. The van der Waals surface area contributed by atoms with E-state index in [2.05, 4.69) is 46.7 Å². The first-order valence-electron chi connectivity index (χ1n) is 10.4. The number of nitrogens with two attached hydrogens (primary N) is 1. The van der Waals surface area contributed by atoms with Crippen LogP contribution in [0, 0.1) is 13.8 Å². The van der Waals surface area contributed by atoms with E-state index in [1.165, 1.54) is 0 Å². The number of benzene rings is 1. The van der Waals surface area contributed by atoms with E-state index < -0.39 is 0 Å². The number of pyridine rings is 1. The minimum absolute atomic E-state index is 0.175. The van der Waals surface area contributed by atoms with Gasteiger partial charge in [-0.15, -0.1) is 0 Å². The number of hydrogen-bond acceptors (Lipinski definition) is 6. The van der Waals surface area contributed by atoms with Gasteiger partial charge in [-0.05, 0) is 43.5 Å². The predicted molar refractivity (Wildman–Crippen MR) is 120 cm³/mol. The summed E-state index contributed by atoms with van der Waals surface area (Å²) in [5.41, 5.74) is 10.0. The molecule has 0 unspecified atom stereocenters. The van der Waals surface area contributed by atoms with Gasteiger partial charge in [0.2, 0.25) is 0 Å². The van der Waals surface area contributed by atoms with Gasteiger partial charge in [-0.2, -0.15) is 5.10 Å². The molecule has 0 saturated carbocycles. The van der Waals surface area contributed by atoms with Crippen LogP contribution in [0.1, 0.15) is 39.5 Å². The smallest absolute Gasteiger partial charge is 0.259 e.